The fraction of sp³-hybridized carbons (Fsp3) is 0. The van der Waals surface area contributed by atoms with Gasteiger partial charge in [-0.25, -0.2) is 0 Å². The van der Waals surface area contributed by atoms with Crippen molar-refractivity contribution in [2.75, 3.05) is 4.90 Å². The molecule has 0 aliphatic heterocycles. The predicted octanol–water partition coefficient (Wildman–Crippen LogP) is 14.9. The topological polar surface area (TPSA) is 8.17 Å². The molecule has 9 aromatic carbocycles. The van der Waals surface area contributed by atoms with Crippen molar-refractivity contribution in [3.8, 4) is 50.2 Å². The fourth-order valence-corrected chi connectivity index (χ4v) is 6.86. The van der Waals surface area contributed by atoms with Crippen LogP contribution < -0.4 is 4.90 Å². The highest BCUT2D eigenvalue weighted by Gasteiger charge is 2.16. The Labute approximate surface area is 351 Å². The number of aromatic nitrogens is 1. The predicted molar refractivity (Wildman–Crippen MR) is 237 cm³/mol. The molecule has 0 unspecified atom stereocenters. The molecule has 0 bridgehead atoms. The summed E-state index contributed by atoms with van der Waals surface area (Å²) in [5, 5.41) is 1.65. The zero-order valence-electron chi connectivity index (χ0n) is 46.5. The normalized spacial score (nSPS) is 15.5. The summed E-state index contributed by atoms with van der Waals surface area (Å²) >= 11 is 0. The van der Waals surface area contributed by atoms with Crippen molar-refractivity contribution in [1.29, 1.82) is 0 Å². The first-order valence-corrected chi connectivity index (χ1v) is 17.8. The van der Waals surface area contributed by atoms with Crippen molar-refractivity contribution in [3.05, 3.63) is 230 Å². The quantitative estimate of drug-likeness (QED) is 0.151. The Morgan fingerprint density at radius 1 is 0.339 bits per heavy atom. The largest absolute Gasteiger partial charge is 0.310 e. The van der Waals surface area contributed by atoms with Gasteiger partial charge in [0.05, 0.1) is 34.3 Å². The van der Waals surface area contributed by atoms with E-state index < -0.39 is 131 Å². The molecule has 0 atom stereocenters. The molecule has 264 valence electrons. The summed E-state index contributed by atoms with van der Waals surface area (Å²) in [6, 6.07) is 26.3. The number of para-hydroxylation sites is 2. The van der Waals surface area contributed by atoms with Crippen LogP contribution in [0.15, 0.2) is 230 Å². The Balaban J connectivity index is 1.22. The van der Waals surface area contributed by atoms with Crippen molar-refractivity contribution < 1.29 is 23.3 Å². The lowest BCUT2D eigenvalue weighted by Gasteiger charge is -2.26. The molecule has 2 heteroatoms. The average molecular weight is 732 g/mol. The Hall–Kier alpha value is -7.42. The Kier molecular flexibility index (Phi) is 5.10. The van der Waals surface area contributed by atoms with Crippen LogP contribution in [-0.4, -0.2) is 4.57 Å². The van der Waals surface area contributed by atoms with Crippen molar-refractivity contribution in [2.45, 2.75) is 0 Å². The molecular formula is C54H38N2. The standard InChI is InChI=1S/C54H38N2/c1-4-13-39(14-5-1)41-23-25-42(26-24-41)44-29-34-49(35-30-44)55(48-32-27-43(28-33-48)40-15-6-2-7-16-40)50-20-12-17-45(37-50)46-31-36-54-52(38-46)51-21-10-11-22-53(51)56(54)47-18-8-3-9-19-47/h1-38H/i1D,4D,5D,12D,13D,14D,17D,20D,23D,24D,25D,26D,29D,30D,34D,35D,37D. The van der Waals surface area contributed by atoms with Gasteiger partial charge in [0, 0.05) is 33.5 Å². The van der Waals surface area contributed by atoms with Gasteiger partial charge in [0.25, 0.3) is 0 Å². The molecule has 10 rings (SSSR count). The van der Waals surface area contributed by atoms with Crippen LogP contribution in [0.4, 0.5) is 17.1 Å². The van der Waals surface area contributed by atoms with E-state index in [1.807, 2.05) is 97.1 Å². The second-order valence-electron chi connectivity index (χ2n) is 12.9. The maximum Gasteiger partial charge on any atom is 0.0651 e. The molecule has 1 aromatic heterocycles. The lowest BCUT2D eigenvalue weighted by molar-refractivity contribution is 1.18. The minimum Gasteiger partial charge on any atom is -0.310 e. The van der Waals surface area contributed by atoms with Crippen LogP contribution in [0, 0.1) is 0 Å². The van der Waals surface area contributed by atoms with Gasteiger partial charge in [0.1, 0.15) is 0 Å². The van der Waals surface area contributed by atoms with Crippen LogP contribution in [0.3, 0.4) is 0 Å². The molecule has 56 heavy (non-hydrogen) atoms. The molecule has 0 saturated carbocycles. The molecule has 0 saturated heterocycles. The molecule has 0 spiro atoms. The third kappa shape index (κ3) is 6.24. The first-order chi connectivity index (χ1) is 34.9. The Morgan fingerprint density at radius 3 is 1.61 bits per heavy atom. The first kappa shape index (κ1) is 19.8. The first-order valence-electron chi connectivity index (χ1n) is 26.3. The van der Waals surface area contributed by atoms with E-state index in [0.717, 1.165) is 38.6 Å². The van der Waals surface area contributed by atoms with E-state index in [1.165, 1.54) is 4.90 Å². The molecule has 1 heterocycles. The van der Waals surface area contributed by atoms with Crippen LogP contribution in [0.25, 0.3) is 72.0 Å². The van der Waals surface area contributed by atoms with E-state index in [9.17, 15) is 11.0 Å². The molecule has 2 nitrogen and oxygen atoms in total. The van der Waals surface area contributed by atoms with Crippen molar-refractivity contribution >= 4 is 38.9 Å². The maximum atomic E-state index is 9.93. The summed E-state index contributed by atoms with van der Waals surface area (Å²) in [4.78, 5) is 1.17. The highest BCUT2D eigenvalue weighted by molar-refractivity contribution is 6.10. The minimum absolute atomic E-state index is 0.0462. The van der Waals surface area contributed by atoms with E-state index >= 15 is 0 Å². The lowest BCUT2D eigenvalue weighted by Crippen LogP contribution is -2.10. The molecule has 0 fully saturated rings. The molecule has 0 aliphatic carbocycles. The Bertz CT molecular complexity index is 3850. The number of benzene rings is 9. The molecule has 10 aromatic rings. The van der Waals surface area contributed by atoms with E-state index in [0.29, 0.717) is 5.56 Å². The number of fused-ring (bicyclic) bond motifs is 3. The third-order valence-corrected chi connectivity index (χ3v) is 9.50. The van der Waals surface area contributed by atoms with Gasteiger partial charge >= 0.3 is 0 Å². The minimum atomic E-state index is -0.870. The monoisotopic (exact) mass is 731 g/mol. The number of hydrogen-bond acceptors (Lipinski definition) is 1. The van der Waals surface area contributed by atoms with Crippen molar-refractivity contribution in [2.24, 2.45) is 0 Å². The average Bonchev–Trinajstić information content (AvgIpc) is 3.73. The summed E-state index contributed by atoms with van der Waals surface area (Å²) < 4.78 is 156. The van der Waals surface area contributed by atoms with Gasteiger partial charge in [-0.05, 0) is 111 Å². The Morgan fingerprint density at radius 2 is 0.893 bits per heavy atom. The summed E-state index contributed by atoms with van der Waals surface area (Å²) in [5.74, 6) is 0. The smallest absolute Gasteiger partial charge is 0.0651 e. The number of hydrogen-bond donors (Lipinski definition) is 0. The molecular weight excluding hydrogens is 677 g/mol. The van der Waals surface area contributed by atoms with Crippen molar-refractivity contribution in [1.82, 2.24) is 4.57 Å². The zero-order chi connectivity index (χ0) is 52.1. The number of rotatable bonds is 8. The van der Waals surface area contributed by atoms with E-state index in [1.54, 1.807) is 30.3 Å². The van der Waals surface area contributed by atoms with E-state index in [2.05, 4.69) is 4.57 Å². The highest BCUT2D eigenvalue weighted by atomic mass is 15.1. The maximum absolute atomic E-state index is 9.93. The fourth-order valence-electron chi connectivity index (χ4n) is 6.86. The van der Waals surface area contributed by atoms with Crippen LogP contribution >= 0.6 is 0 Å². The van der Waals surface area contributed by atoms with Crippen LogP contribution in [0.2, 0.25) is 0 Å². The van der Waals surface area contributed by atoms with E-state index in [-0.39, 0.29) is 16.9 Å². The van der Waals surface area contributed by atoms with E-state index in [4.69, 9.17) is 12.3 Å². The molecule has 0 aliphatic rings. The summed E-state index contributed by atoms with van der Waals surface area (Å²) in [7, 11) is 0. The lowest BCUT2D eigenvalue weighted by atomic mass is 9.99. The van der Waals surface area contributed by atoms with Gasteiger partial charge < -0.3 is 9.47 Å². The second-order valence-corrected chi connectivity index (χ2v) is 12.9. The molecule has 0 N–H and O–H groups in total. The van der Waals surface area contributed by atoms with Gasteiger partial charge in [-0.15, -0.1) is 0 Å². The van der Waals surface area contributed by atoms with Crippen LogP contribution in [0.1, 0.15) is 23.3 Å². The SMILES string of the molecule is [2H]c1c([2H])c([2H])c(-c2c([2H])c([2H])c(-c3c([2H])c([2H])c(N(c4ccc(-c5ccccc5)cc4)c4c([2H])c([2H])c([2H])c(-c5ccc6c(c5)c5ccccc5n6-c5ccccc5)c4[2H])c([2H])c3[2H])c([2H])c2[2H])c([2H])c1[2H]. The third-order valence-electron chi connectivity index (χ3n) is 9.50. The summed E-state index contributed by atoms with van der Waals surface area (Å²) in [5.41, 5.74) is 1.30. The van der Waals surface area contributed by atoms with Gasteiger partial charge in [0.15, 0.2) is 0 Å². The van der Waals surface area contributed by atoms with Crippen LogP contribution in [0.5, 0.6) is 0 Å². The molecule has 0 amide bonds. The number of nitrogens with zero attached hydrogens (tertiary/aromatic N) is 2. The molecule has 0 radical (unpaired) electrons. The van der Waals surface area contributed by atoms with Gasteiger partial charge in [-0.2, -0.15) is 0 Å². The van der Waals surface area contributed by atoms with Crippen LogP contribution in [-0.2, 0) is 0 Å². The van der Waals surface area contributed by atoms with Gasteiger partial charge in [-0.1, -0.05) is 163 Å². The summed E-state index contributed by atoms with van der Waals surface area (Å²) in [6.07, 6.45) is 0. The summed E-state index contributed by atoms with van der Waals surface area (Å²) in [6.45, 7) is 0. The van der Waals surface area contributed by atoms with Crippen molar-refractivity contribution in [3.63, 3.8) is 0 Å². The second kappa shape index (κ2) is 14.4. The zero-order valence-corrected chi connectivity index (χ0v) is 29.5. The highest BCUT2D eigenvalue weighted by Crippen LogP contribution is 2.40. The van der Waals surface area contributed by atoms with Gasteiger partial charge in [-0.3, -0.25) is 0 Å². The van der Waals surface area contributed by atoms with Gasteiger partial charge in [0.2, 0.25) is 0 Å². The number of anilines is 3.